The first-order valence-electron chi connectivity index (χ1n) is 11.6. The lowest BCUT2D eigenvalue weighted by Crippen LogP contribution is -2.54. The molecule has 3 aliphatic rings. The molecule has 2 aliphatic carbocycles. The Balaban J connectivity index is 1.41. The van der Waals surface area contributed by atoms with E-state index in [0.717, 1.165) is 50.0 Å². The van der Waals surface area contributed by atoms with Crippen LogP contribution in [0.2, 0.25) is 0 Å². The normalized spacial score (nSPS) is 27.1. The summed E-state index contributed by atoms with van der Waals surface area (Å²) in [5.41, 5.74) is 1.85. The molecular formula is C25H31N3O2. The van der Waals surface area contributed by atoms with Gasteiger partial charge in [-0.25, -0.2) is 4.68 Å². The minimum Gasteiger partial charge on any atom is -0.342 e. The van der Waals surface area contributed by atoms with E-state index >= 15 is 0 Å². The molecule has 5 heteroatoms. The average Bonchev–Trinajstić information content (AvgIpc) is 2.79. The van der Waals surface area contributed by atoms with Crippen molar-refractivity contribution in [2.24, 2.45) is 17.8 Å². The zero-order valence-corrected chi connectivity index (χ0v) is 17.6. The highest BCUT2D eigenvalue weighted by molar-refractivity contribution is 5.79. The quantitative estimate of drug-likeness (QED) is 0.765. The Morgan fingerprint density at radius 3 is 2.23 bits per heavy atom. The van der Waals surface area contributed by atoms with E-state index in [0.29, 0.717) is 17.7 Å². The van der Waals surface area contributed by atoms with E-state index in [1.807, 2.05) is 36.4 Å². The summed E-state index contributed by atoms with van der Waals surface area (Å²) in [6.07, 6.45) is 9.06. The summed E-state index contributed by atoms with van der Waals surface area (Å²) in [5, 5.41) is 4.81. The summed E-state index contributed by atoms with van der Waals surface area (Å²) in [6.45, 7) is 1.56. The molecule has 1 amide bonds. The predicted molar refractivity (Wildman–Crippen MR) is 117 cm³/mol. The van der Waals surface area contributed by atoms with Crippen molar-refractivity contribution >= 4 is 5.91 Å². The predicted octanol–water partition coefficient (Wildman–Crippen LogP) is 4.29. The second-order valence-electron chi connectivity index (χ2n) is 9.39. The van der Waals surface area contributed by atoms with Crippen molar-refractivity contribution in [2.75, 3.05) is 13.1 Å². The summed E-state index contributed by atoms with van der Waals surface area (Å²) >= 11 is 0. The maximum absolute atomic E-state index is 13.2. The molecular weight excluding hydrogens is 374 g/mol. The van der Waals surface area contributed by atoms with E-state index in [1.165, 1.54) is 25.7 Å². The molecule has 5 rings (SSSR count). The van der Waals surface area contributed by atoms with Gasteiger partial charge < -0.3 is 4.90 Å². The minimum absolute atomic E-state index is 0.0244. The molecule has 0 spiro atoms. The van der Waals surface area contributed by atoms with Crippen molar-refractivity contribution in [1.82, 2.24) is 14.7 Å². The summed E-state index contributed by atoms with van der Waals surface area (Å²) in [4.78, 5) is 28.1. The highest BCUT2D eigenvalue weighted by Crippen LogP contribution is 2.43. The van der Waals surface area contributed by atoms with E-state index in [-0.39, 0.29) is 17.5 Å². The second-order valence-corrected chi connectivity index (χ2v) is 9.39. The van der Waals surface area contributed by atoms with E-state index in [2.05, 4.69) is 4.90 Å². The van der Waals surface area contributed by atoms with Crippen LogP contribution in [-0.4, -0.2) is 33.7 Å². The number of carbonyl (C=O) groups excluding carboxylic acids is 1. The Morgan fingerprint density at radius 1 is 0.833 bits per heavy atom. The number of carbonyl (C=O) groups is 1. The molecule has 2 atom stereocenters. The van der Waals surface area contributed by atoms with Gasteiger partial charge in [-0.1, -0.05) is 56.0 Å². The summed E-state index contributed by atoms with van der Waals surface area (Å²) in [6, 6.07) is 13.6. The van der Waals surface area contributed by atoms with Crippen molar-refractivity contribution < 1.29 is 4.79 Å². The van der Waals surface area contributed by atoms with Gasteiger partial charge in [0.2, 0.25) is 5.91 Å². The number of benzene rings is 1. The van der Waals surface area contributed by atoms with Gasteiger partial charge in [0.1, 0.15) is 0 Å². The molecule has 0 N–H and O–H groups in total. The third-order valence-corrected chi connectivity index (χ3v) is 7.47. The molecule has 1 aromatic heterocycles. The molecule has 1 aromatic carbocycles. The minimum atomic E-state index is -0.0244. The average molecular weight is 406 g/mol. The van der Waals surface area contributed by atoms with E-state index in [1.54, 1.807) is 10.7 Å². The fourth-order valence-electron chi connectivity index (χ4n) is 6.00. The van der Waals surface area contributed by atoms with Gasteiger partial charge in [0.15, 0.2) is 0 Å². The number of rotatable bonds is 3. The molecule has 3 fully saturated rings. The van der Waals surface area contributed by atoms with E-state index in [9.17, 15) is 9.59 Å². The molecule has 30 heavy (non-hydrogen) atoms. The van der Waals surface area contributed by atoms with Crippen LogP contribution in [0.15, 0.2) is 47.3 Å². The molecule has 1 aliphatic heterocycles. The number of hydrogen-bond donors (Lipinski definition) is 0. The highest BCUT2D eigenvalue weighted by Gasteiger charge is 2.43. The second kappa shape index (κ2) is 8.37. The third-order valence-electron chi connectivity index (χ3n) is 7.47. The Bertz CT molecular complexity index is 934. The van der Waals surface area contributed by atoms with Crippen molar-refractivity contribution in [3.8, 4) is 11.3 Å². The molecule has 2 unspecified atom stereocenters. The molecule has 2 aromatic rings. The van der Waals surface area contributed by atoms with Crippen LogP contribution in [0.5, 0.6) is 0 Å². The lowest BCUT2D eigenvalue weighted by atomic mass is 9.73. The van der Waals surface area contributed by atoms with Crippen LogP contribution in [0, 0.1) is 17.8 Å². The van der Waals surface area contributed by atoms with Crippen LogP contribution in [0.3, 0.4) is 0 Å². The highest BCUT2D eigenvalue weighted by atomic mass is 16.2. The van der Waals surface area contributed by atoms with E-state index in [4.69, 9.17) is 5.10 Å². The lowest BCUT2D eigenvalue weighted by molar-refractivity contribution is -0.142. The Hall–Kier alpha value is -2.43. The molecule has 5 nitrogen and oxygen atoms in total. The third kappa shape index (κ3) is 3.70. The smallest absolute Gasteiger partial charge is 0.267 e. The fraction of sp³-hybridized carbons (Fsp3) is 0.560. The summed E-state index contributed by atoms with van der Waals surface area (Å²) < 4.78 is 1.75. The zero-order valence-electron chi connectivity index (χ0n) is 17.6. The molecule has 1 saturated heterocycles. The van der Waals surface area contributed by atoms with Crippen LogP contribution < -0.4 is 5.56 Å². The van der Waals surface area contributed by atoms with Crippen LogP contribution in [-0.2, 0) is 4.79 Å². The van der Waals surface area contributed by atoms with Gasteiger partial charge >= 0.3 is 0 Å². The number of fused-ring (bicyclic) bond motifs is 2. The maximum atomic E-state index is 13.2. The largest absolute Gasteiger partial charge is 0.342 e. The number of amides is 1. The first-order chi connectivity index (χ1) is 14.7. The van der Waals surface area contributed by atoms with Crippen molar-refractivity contribution in [1.29, 1.82) is 0 Å². The van der Waals surface area contributed by atoms with Crippen molar-refractivity contribution in [3.63, 3.8) is 0 Å². The molecule has 158 valence electrons. The molecule has 0 radical (unpaired) electrons. The number of aromatic nitrogens is 2. The Morgan fingerprint density at radius 2 is 1.53 bits per heavy atom. The Labute approximate surface area is 178 Å². The van der Waals surface area contributed by atoms with Gasteiger partial charge in [-0.3, -0.25) is 9.59 Å². The molecule has 2 heterocycles. The lowest BCUT2D eigenvalue weighted by Gasteiger charge is -2.48. The summed E-state index contributed by atoms with van der Waals surface area (Å²) in [5.74, 6) is 1.23. The number of nitrogens with zero attached hydrogens (tertiary/aromatic N) is 3. The van der Waals surface area contributed by atoms with Crippen molar-refractivity contribution in [2.45, 2.75) is 57.4 Å². The first kappa shape index (κ1) is 19.5. The molecule has 2 saturated carbocycles. The van der Waals surface area contributed by atoms with Gasteiger partial charge in [-0.15, -0.1) is 0 Å². The SMILES string of the molecule is O=C(C1CCCCC1)N1CC2CCCC(C1)C2n1nc(-c2ccccc2)ccc1=O. The topological polar surface area (TPSA) is 55.2 Å². The van der Waals surface area contributed by atoms with Crippen LogP contribution >= 0.6 is 0 Å². The van der Waals surface area contributed by atoms with Crippen LogP contribution in [0.25, 0.3) is 11.3 Å². The Kier molecular flexibility index (Phi) is 5.45. The van der Waals surface area contributed by atoms with Crippen LogP contribution in [0.1, 0.15) is 57.4 Å². The number of piperidine rings is 1. The van der Waals surface area contributed by atoms with Gasteiger partial charge in [0.25, 0.3) is 5.56 Å². The van der Waals surface area contributed by atoms with Gasteiger partial charge in [-0.2, -0.15) is 5.10 Å². The standard InChI is InChI=1S/C25H31N3O2/c29-23-15-14-22(18-8-3-1-4-9-18)26-28(23)24-20-12-7-13-21(24)17-27(16-20)25(30)19-10-5-2-6-11-19/h1,3-4,8-9,14-15,19-21,24H,2,5-7,10-13,16-17H2. The number of hydrogen-bond acceptors (Lipinski definition) is 3. The number of likely N-dealkylation sites (tertiary alicyclic amines) is 1. The summed E-state index contributed by atoms with van der Waals surface area (Å²) in [7, 11) is 0. The van der Waals surface area contributed by atoms with E-state index < -0.39 is 0 Å². The first-order valence-corrected chi connectivity index (χ1v) is 11.6. The van der Waals surface area contributed by atoms with Gasteiger partial charge in [0.05, 0.1) is 11.7 Å². The van der Waals surface area contributed by atoms with Crippen molar-refractivity contribution in [3.05, 3.63) is 52.8 Å². The van der Waals surface area contributed by atoms with Gasteiger partial charge in [0, 0.05) is 30.6 Å². The van der Waals surface area contributed by atoms with Gasteiger partial charge in [-0.05, 0) is 43.6 Å². The zero-order chi connectivity index (χ0) is 20.5. The fourth-order valence-corrected chi connectivity index (χ4v) is 6.00. The van der Waals surface area contributed by atoms with Crippen LogP contribution in [0.4, 0.5) is 0 Å². The maximum Gasteiger partial charge on any atom is 0.267 e. The monoisotopic (exact) mass is 405 g/mol. The molecule has 2 bridgehead atoms.